The molecular weight excluding hydrogens is 290 g/mol. The average Bonchev–Trinajstić information content (AvgIpc) is 3.05. The molecule has 21 heavy (non-hydrogen) atoms. The van der Waals surface area contributed by atoms with E-state index in [-0.39, 0.29) is 11.9 Å². The Morgan fingerprint density at radius 2 is 2.19 bits per heavy atom. The molecule has 0 saturated carbocycles. The molecule has 1 saturated heterocycles. The maximum atomic E-state index is 12.6. The van der Waals surface area contributed by atoms with Crippen molar-refractivity contribution in [1.29, 1.82) is 0 Å². The third kappa shape index (κ3) is 2.94. The van der Waals surface area contributed by atoms with Crippen molar-refractivity contribution in [3.8, 4) is 5.69 Å². The number of ether oxygens (including phenoxy) is 1. The van der Waals surface area contributed by atoms with E-state index in [1.807, 2.05) is 30.3 Å². The van der Waals surface area contributed by atoms with E-state index in [1.54, 1.807) is 22.0 Å². The molecule has 0 radical (unpaired) electrons. The highest BCUT2D eigenvalue weighted by atomic mass is 35.5. The van der Waals surface area contributed by atoms with Gasteiger partial charge in [0, 0.05) is 18.6 Å². The monoisotopic (exact) mass is 305 g/mol. The van der Waals surface area contributed by atoms with Crippen molar-refractivity contribution in [1.82, 2.24) is 14.7 Å². The molecule has 1 aliphatic rings. The van der Waals surface area contributed by atoms with E-state index >= 15 is 0 Å². The number of aromatic nitrogens is 2. The maximum absolute atomic E-state index is 12.6. The number of para-hydroxylation sites is 1. The molecule has 1 fully saturated rings. The summed E-state index contributed by atoms with van der Waals surface area (Å²) in [5, 5.41) is 4.26. The Hall–Kier alpha value is -1.85. The molecule has 1 aliphatic heterocycles. The number of rotatable bonds is 3. The van der Waals surface area contributed by atoms with E-state index < -0.39 is 0 Å². The lowest BCUT2D eigenvalue weighted by Crippen LogP contribution is -2.49. The lowest BCUT2D eigenvalue weighted by Gasteiger charge is -2.34. The molecule has 0 aliphatic carbocycles. The minimum absolute atomic E-state index is 0.0499. The number of amides is 1. The number of carbonyl (C=O) groups is 1. The summed E-state index contributed by atoms with van der Waals surface area (Å²) < 4.78 is 7.06. The summed E-state index contributed by atoms with van der Waals surface area (Å²) in [5.74, 6) is 0.324. The highest BCUT2D eigenvalue weighted by Crippen LogP contribution is 2.15. The number of nitrogens with zero attached hydrogens (tertiary/aromatic N) is 3. The number of hydrogen-bond acceptors (Lipinski definition) is 3. The average molecular weight is 306 g/mol. The van der Waals surface area contributed by atoms with E-state index in [1.165, 1.54) is 0 Å². The zero-order chi connectivity index (χ0) is 14.7. The predicted octanol–water partition coefficient (Wildman–Crippen LogP) is 1.95. The lowest BCUT2D eigenvalue weighted by molar-refractivity contribution is 0.00456. The fourth-order valence-electron chi connectivity index (χ4n) is 2.37. The molecule has 110 valence electrons. The first-order valence-corrected chi connectivity index (χ1v) is 7.38. The van der Waals surface area contributed by atoms with E-state index in [4.69, 9.17) is 16.3 Å². The van der Waals surface area contributed by atoms with Crippen LogP contribution < -0.4 is 0 Å². The molecular formula is C15H16ClN3O2. The van der Waals surface area contributed by atoms with Crippen LogP contribution in [-0.4, -0.2) is 52.3 Å². The van der Waals surface area contributed by atoms with Crippen molar-refractivity contribution in [2.45, 2.75) is 6.04 Å². The standard InChI is InChI=1S/C15H16ClN3O2/c16-8-14-11-21-7-6-18(14)15(20)12-9-17-19(10-12)13-4-2-1-3-5-13/h1-5,9-10,14H,6-8,11H2. The quantitative estimate of drug-likeness (QED) is 0.814. The van der Waals surface area contributed by atoms with Gasteiger partial charge in [-0.1, -0.05) is 18.2 Å². The Bertz CT molecular complexity index is 614. The molecule has 1 aromatic carbocycles. The molecule has 0 bridgehead atoms. The van der Waals surface area contributed by atoms with Crippen molar-refractivity contribution >= 4 is 17.5 Å². The molecule has 3 rings (SSSR count). The van der Waals surface area contributed by atoms with Gasteiger partial charge >= 0.3 is 0 Å². The first-order chi connectivity index (χ1) is 10.3. The second-order valence-corrected chi connectivity index (χ2v) is 5.20. The summed E-state index contributed by atoms with van der Waals surface area (Å²) in [5.41, 5.74) is 1.49. The van der Waals surface area contributed by atoms with Gasteiger partial charge in [-0.3, -0.25) is 4.79 Å². The van der Waals surface area contributed by atoms with Gasteiger partial charge in [0.15, 0.2) is 0 Å². The Labute approximate surface area is 128 Å². The van der Waals surface area contributed by atoms with Crippen LogP contribution >= 0.6 is 11.6 Å². The number of morpholine rings is 1. The van der Waals surface area contributed by atoms with Crippen molar-refractivity contribution in [2.75, 3.05) is 25.6 Å². The number of benzene rings is 1. The van der Waals surface area contributed by atoms with E-state index in [9.17, 15) is 4.79 Å². The van der Waals surface area contributed by atoms with Crippen LogP contribution in [-0.2, 0) is 4.74 Å². The lowest BCUT2D eigenvalue weighted by atomic mass is 10.2. The van der Waals surface area contributed by atoms with Gasteiger partial charge in [0.2, 0.25) is 0 Å². The minimum atomic E-state index is -0.0759. The first-order valence-electron chi connectivity index (χ1n) is 6.84. The van der Waals surface area contributed by atoms with Crippen molar-refractivity contribution in [2.24, 2.45) is 0 Å². The zero-order valence-electron chi connectivity index (χ0n) is 11.5. The van der Waals surface area contributed by atoms with Crippen LogP contribution in [0.4, 0.5) is 0 Å². The highest BCUT2D eigenvalue weighted by molar-refractivity contribution is 6.18. The third-order valence-corrected chi connectivity index (χ3v) is 3.87. The molecule has 1 atom stereocenters. The van der Waals surface area contributed by atoms with E-state index in [0.717, 1.165) is 5.69 Å². The predicted molar refractivity (Wildman–Crippen MR) is 79.9 cm³/mol. The van der Waals surface area contributed by atoms with Gasteiger partial charge in [0.25, 0.3) is 5.91 Å². The van der Waals surface area contributed by atoms with Crippen molar-refractivity contribution < 1.29 is 9.53 Å². The van der Waals surface area contributed by atoms with Gasteiger partial charge in [-0.05, 0) is 12.1 Å². The Balaban J connectivity index is 1.81. The maximum Gasteiger partial charge on any atom is 0.257 e. The van der Waals surface area contributed by atoms with Gasteiger partial charge in [0.05, 0.1) is 36.7 Å². The molecule has 6 heteroatoms. The number of alkyl halides is 1. The van der Waals surface area contributed by atoms with Crippen LogP contribution in [0.3, 0.4) is 0 Å². The summed E-state index contributed by atoms with van der Waals surface area (Å²) in [7, 11) is 0. The Morgan fingerprint density at radius 3 is 2.95 bits per heavy atom. The van der Waals surface area contributed by atoms with Crippen LogP contribution in [0.25, 0.3) is 5.69 Å². The van der Waals surface area contributed by atoms with E-state index in [2.05, 4.69) is 5.10 Å². The summed E-state index contributed by atoms with van der Waals surface area (Å²) in [6.07, 6.45) is 3.34. The molecule has 0 spiro atoms. The highest BCUT2D eigenvalue weighted by Gasteiger charge is 2.28. The van der Waals surface area contributed by atoms with Crippen LogP contribution in [0.5, 0.6) is 0 Å². The molecule has 5 nitrogen and oxygen atoms in total. The van der Waals surface area contributed by atoms with Crippen molar-refractivity contribution in [3.05, 3.63) is 48.3 Å². The summed E-state index contributed by atoms with van der Waals surface area (Å²) >= 11 is 5.91. The fraction of sp³-hybridized carbons (Fsp3) is 0.333. The van der Waals surface area contributed by atoms with Gasteiger partial charge in [-0.25, -0.2) is 4.68 Å². The minimum Gasteiger partial charge on any atom is -0.377 e. The number of carbonyl (C=O) groups excluding carboxylic acids is 1. The number of hydrogen-bond donors (Lipinski definition) is 0. The fourth-order valence-corrected chi connectivity index (χ4v) is 2.63. The number of halogens is 1. The normalized spacial score (nSPS) is 18.7. The second kappa shape index (κ2) is 6.28. The molecule has 1 amide bonds. The molecule has 1 unspecified atom stereocenters. The van der Waals surface area contributed by atoms with Crippen LogP contribution in [0.1, 0.15) is 10.4 Å². The van der Waals surface area contributed by atoms with Crippen LogP contribution in [0, 0.1) is 0 Å². The van der Waals surface area contributed by atoms with Gasteiger partial charge in [-0.2, -0.15) is 5.10 Å². The summed E-state index contributed by atoms with van der Waals surface area (Å²) in [6.45, 7) is 1.60. The molecule has 2 heterocycles. The topological polar surface area (TPSA) is 47.4 Å². The SMILES string of the molecule is O=C(c1cnn(-c2ccccc2)c1)N1CCOCC1CCl. The molecule has 0 N–H and O–H groups in total. The summed E-state index contributed by atoms with van der Waals surface area (Å²) in [6, 6.07) is 9.62. The second-order valence-electron chi connectivity index (χ2n) is 4.89. The Kier molecular flexibility index (Phi) is 4.22. The smallest absolute Gasteiger partial charge is 0.257 e. The zero-order valence-corrected chi connectivity index (χ0v) is 12.2. The Morgan fingerprint density at radius 1 is 1.38 bits per heavy atom. The van der Waals surface area contributed by atoms with Gasteiger partial charge < -0.3 is 9.64 Å². The van der Waals surface area contributed by atoms with E-state index in [0.29, 0.717) is 31.2 Å². The largest absolute Gasteiger partial charge is 0.377 e. The van der Waals surface area contributed by atoms with Crippen molar-refractivity contribution in [3.63, 3.8) is 0 Å². The first kappa shape index (κ1) is 14.1. The van der Waals surface area contributed by atoms with Gasteiger partial charge in [0.1, 0.15) is 0 Å². The van der Waals surface area contributed by atoms with Crippen LogP contribution in [0.2, 0.25) is 0 Å². The third-order valence-electron chi connectivity index (χ3n) is 3.52. The van der Waals surface area contributed by atoms with Crippen LogP contribution in [0.15, 0.2) is 42.7 Å². The van der Waals surface area contributed by atoms with Gasteiger partial charge in [-0.15, -0.1) is 11.6 Å². The molecule has 2 aromatic rings. The summed E-state index contributed by atoms with van der Waals surface area (Å²) in [4.78, 5) is 14.3. The molecule has 1 aromatic heterocycles.